The fraction of sp³-hybridized carbons (Fsp3) is 0.182. The number of rotatable bonds is 2. The number of hydrogen-bond acceptors (Lipinski definition) is 2. The Kier molecular flexibility index (Phi) is 2.98. The molecule has 3 nitrogen and oxygen atoms in total. The van der Waals surface area contributed by atoms with E-state index >= 15 is 0 Å². The maximum Gasteiger partial charge on any atom is 0.437 e. The van der Waals surface area contributed by atoms with Crippen LogP contribution in [0.15, 0.2) is 30.5 Å². The first-order chi connectivity index (χ1) is 8.36. The number of halogens is 4. The zero-order chi connectivity index (χ0) is 13.3. The molecule has 0 radical (unpaired) electrons. The van der Waals surface area contributed by atoms with Crippen molar-refractivity contribution in [1.29, 1.82) is 0 Å². The Balaban J connectivity index is 2.23. The van der Waals surface area contributed by atoms with Gasteiger partial charge in [0.15, 0.2) is 5.69 Å². The summed E-state index contributed by atoms with van der Waals surface area (Å²) in [6, 6.07) is 5.40. The lowest BCUT2D eigenvalue weighted by Gasteiger charge is -2.03. The van der Waals surface area contributed by atoms with Gasteiger partial charge in [0.2, 0.25) is 0 Å². The number of anilines is 1. The van der Waals surface area contributed by atoms with E-state index in [1.165, 1.54) is 24.3 Å². The van der Waals surface area contributed by atoms with Crippen molar-refractivity contribution in [2.45, 2.75) is 12.7 Å². The van der Waals surface area contributed by atoms with E-state index in [0.29, 0.717) is 5.56 Å². The summed E-state index contributed by atoms with van der Waals surface area (Å²) in [7, 11) is 0. The second-order valence-corrected chi connectivity index (χ2v) is 3.75. The third-order valence-corrected chi connectivity index (χ3v) is 2.32. The topological polar surface area (TPSA) is 43.8 Å². The molecule has 96 valence electrons. The van der Waals surface area contributed by atoms with Crippen LogP contribution in [-0.2, 0) is 12.7 Å². The smallest absolute Gasteiger partial charge is 0.396 e. The van der Waals surface area contributed by atoms with Gasteiger partial charge in [-0.1, -0.05) is 12.1 Å². The lowest BCUT2D eigenvalue weighted by atomic mass is 10.2. The molecule has 2 aromatic rings. The number of nitrogens with two attached hydrogens (primary N) is 1. The third-order valence-electron chi connectivity index (χ3n) is 2.32. The van der Waals surface area contributed by atoms with E-state index in [9.17, 15) is 17.6 Å². The van der Waals surface area contributed by atoms with Crippen LogP contribution < -0.4 is 5.73 Å². The molecule has 0 saturated heterocycles. The molecule has 0 unspecified atom stereocenters. The highest BCUT2D eigenvalue weighted by Crippen LogP contribution is 2.31. The Bertz CT molecular complexity index is 542. The van der Waals surface area contributed by atoms with Gasteiger partial charge in [0, 0.05) is 6.20 Å². The van der Waals surface area contributed by atoms with Crippen LogP contribution in [0, 0.1) is 5.82 Å². The van der Waals surface area contributed by atoms with Gasteiger partial charge in [0.1, 0.15) is 5.82 Å². The van der Waals surface area contributed by atoms with Crippen molar-refractivity contribution in [2.75, 3.05) is 5.73 Å². The van der Waals surface area contributed by atoms with E-state index in [4.69, 9.17) is 5.73 Å². The maximum atomic E-state index is 12.7. The first-order valence-corrected chi connectivity index (χ1v) is 5.01. The van der Waals surface area contributed by atoms with Crippen LogP contribution in [-0.4, -0.2) is 9.78 Å². The summed E-state index contributed by atoms with van der Waals surface area (Å²) in [5, 5.41) is 3.37. The molecule has 0 aliphatic rings. The van der Waals surface area contributed by atoms with Gasteiger partial charge in [-0.25, -0.2) is 4.39 Å². The number of alkyl halides is 3. The number of nitrogen functional groups attached to an aromatic ring is 1. The van der Waals surface area contributed by atoms with Gasteiger partial charge < -0.3 is 5.73 Å². The molecule has 0 amide bonds. The van der Waals surface area contributed by atoms with Gasteiger partial charge in [-0.05, 0) is 17.7 Å². The monoisotopic (exact) mass is 259 g/mol. The molecule has 0 fully saturated rings. The Morgan fingerprint density at radius 3 is 2.28 bits per heavy atom. The van der Waals surface area contributed by atoms with Gasteiger partial charge in [-0.15, -0.1) is 0 Å². The van der Waals surface area contributed by atoms with E-state index in [0.717, 1.165) is 10.9 Å². The number of nitrogens with zero attached hydrogens (tertiary/aromatic N) is 2. The van der Waals surface area contributed by atoms with E-state index in [1.54, 1.807) is 0 Å². The van der Waals surface area contributed by atoms with Crippen LogP contribution in [0.4, 0.5) is 23.2 Å². The predicted octanol–water partition coefficient (Wildman–Crippen LogP) is 2.67. The van der Waals surface area contributed by atoms with E-state index in [-0.39, 0.29) is 6.54 Å². The molecule has 1 aromatic heterocycles. The van der Waals surface area contributed by atoms with Crippen molar-refractivity contribution < 1.29 is 17.6 Å². The van der Waals surface area contributed by atoms with Crippen LogP contribution in [0.1, 0.15) is 11.3 Å². The predicted molar refractivity (Wildman–Crippen MR) is 57.1 cm³/mol. The van der Waals surface area contributed by atoms with Crippen LogP contribution in [0.5, 0.6) is 0 Å². The summed E-state index contributed by atoms with van der Waals surface area (Å²) in [6.07, 6.45) is -3.47. The fourth-order valence-corrected chi connectivity index (χ4v) is 1.51. The number of benzene rings is 1. The molecular weight excluding hydrogens is 250 g/mol. The van der Waals surface area contributed by atoms with Crippen molar-refractivity contribution in [2.24, 2.45) is 0 Å². The Hall–Kier alpha value is -2.05. The fourth-order valence-electron chi connectivity index (χ4n) is 1.51. The van der Waals surface area contributed by atoms with Gasteiger partial charge >= 0.3 is 6.18 Å². The molecule has 2 rings (SSSR count). The molecule has 0 spiro atoms. The zero-order valence-corrected chi connectivity index (χ0v) is 9.08. The molecule has 0 saturated carbocycles. The molecule has 0 bridgehead atoms. The summed E-state index contributed by atoms with van der Waals surface area (Å²) in [6.45, 7) is 0.0978. The van der Waals surface area contributed by atoms with Crippen LogP contribution >= 0.6 is 0 Å². The second kappa shape index (κ2) is 4.32. The summed E-state index contributed by atoms with van der Waals surface area (Å²) in [4.78, 5) is 0. The highest BCUT2D eigenvalue weighted by atomic mass is 19.4. The van der Waals surface area contributed by atoms with Crippen molar-refractivity contribution in [3.8, 4) is 0 Å². The number of aromatic nitrogens is 2. The molecule has 0 aliphatic heterocycles. The Morgan fingerprint density at radius 1 is 1.17 bits per heavy atom. The van der Waals surface area contributed by atoms with Crippen molar-refractivity contribution >= 4 is 5.69 Å². The molecule has 7 heteroatoms. The summed E-state index contributed by atoms with van der Waals surface area (Å²) >= 11 is 0. The Labute approximate surface area is 99.8 Å². The van der Waals surface area contributed by atoms with Gasteiger partial charge in [-0.3, -0.25) is 4.68 Å². The van der Waals surface area contributed by atoms with Gasteiger partial charge in [0.25, 0.3) is 0 Å². The third kappa shape index (κ3) is 2.61. The van der Waals surface area contributed by atoms with Gasteiger partial charge in [-0.2, -0.15) is 18.3 Å². The lowest BCUT2D eigenvalue weighted by molar-refractivity contribution is -0.140. The lowest BCUT2D eigenvalue weighted by Crippen LogP contribution is -2.10. The molecular formula is C11H9F4N3. The van der Waals surface area contributed by atoms with Crippen LogP contribution in [0.25, 0.3) is 0 Å². The highest BCUT2D eigenvalue weighted by Gasteiger charge is 2.36. The Morgan fingerprint density at radius 2 is 1.78 bits per heavy atom. The standard InChI is InChI=1S/C11H9F4N3/c12-8-3-1-7(2-4-8)5-18-6-9(16)10(17-18)11(13,14)15/h1-4,6H,5,16H2. The van der Waals surface area contributed by atoms with Crippen LogP contribution in [0.2, 0.25) is 0 Å². The van der Waals surface area contributed by atoms with Crippen molar-refractivity contribution in [3.05, 3.63) is 47.5 Å². The minimum absolute atomic E-state index is 0.0978. The zero-order valence-electron chi connectivity index (χ0n) is 9.08. The first-order valence-electron chi connectivity index (χ1n) is 5.01. The van der Waals surface area contributed by atoms with Gasteiger partial charge in [0.05, 0.1) is 12.2 Å². The molecule has 2 N–H and O–H groups in total. The van der Waals surface area contributed by atoms with E-state index in [2.05, 4.69) is 5.10 Å². The summed E-state index contributed by atoms with van der Waals surface area (Å²) in [5.41, 5.74) is 4.34. The van der Waals surface area contributed by atoms with Crippen molar-refractivity contribution in [1.82, 2.24) is 9.78 Å². The van der Waals surface area contributed by atoms with Crippen molar-refractivity contribution in [3.63, 3.8) is 0 Å². The second-order valence-electron chi connectivity index (χ2n) is 3.75. The minimum atomic E-state index is -4.57. The highest BCUT2D eigenvalue weighted by molar-refractivity contribution is 5.42. The first kappa shape index (κ1) is 12.4. The number of hydrogen-bond donors (Lipinski definition) is 1. The largest absolute Gasteiger partial charge is 0.437 e. The van der Waals surface area contributed by atoms with E-state index < -0.39 is 23.4 Å². The maximum absolute atomic E-state index is 12.7. The minimum Gasteiger partial charge on any atom is -0.396 e. The van der Waals surface area contributed by atoms with Crippen LogP contribution in [0.3, 0.4) is 0 Å². The molecule has 1 heterocycles. The average Bonchev–Trinajstić information content (AvgIpc) is 2.63. The summed E-state index contributed by atoms with van der Waals surface area (Å²) < 4.78 is 51.1. The summed E-state index contributed by atoms with van der Waals surface area (Å²) in [5.74, 6) is -0.408. The normalized spacial score (nSPS) is 11.8. The SMILES string of the molecule is Nc1cn(Cc2ccc(F)cc2)nc1C(F)(F)F. The molecule has 0 aliphatic carbocycles. The average molecular weight is 259 g/mol. The quantitative estimate of drug-likeness (QED) is 0.842. The van der Waals surface area contributed by atoms with E-state index in [1.807, 2.05) is 0 Å². The molecule has 1 aromatic carbocycles. The molecule has 18 heavy (non-hydrogen) atoms. The molecule has 0 atom stereocenters.